The lowest BCUT2D eigenvalue weighted by molar-refractivity contribution is -0.0115. The molecule has 1 fully saturated rings. The molecule has 2 aromatic rings. The third-order valence-electron chi connectivity index (χ3n) is 7.39. The van der Waals surface area contributed by atoms with E-state index in [-0.39, 0.29) is 6.10 Å². The number of benzene rings is 2. The molecule has 0 saturated heterocycles. The van der Waals surface area contributed by atoms with E-state index in [1.165, 1.54) is 23.2 Å². The average Bonchev–Trinajstić information content (AvgIpc) is 2.91. The van der Waals surface area contributed by atoms with Crippen LogP contribution in [-0.2, 0) is 20.8 Å². The molecular formula is C29H41NO5. The third-order valence-corrected chi connectivity index (χ3v) is 7.39. The Morgan fingerprint density at radius 1 is 0.971 bits per heavy atom. The van der Waals surface area contributed by atoms with Gasteiger partial charge in [-0.3, -0.25) is 0 Å². The summed E-state index contributed by atoms with van der Waals surface area (Å²) in [6.07, 6.45) is 5.71. The van der Waals surface area contributed by atoms with Gasteiger partial charge in [0.05, 0.1) is 32.1 Å². The molecule has 0 N–H and O–H groups in total. The first kappa shape index (κ1) is 25.8. The van der Waals surface area contributed by atoms with Gasteiger partial charge in [0, 0.05) is 39.9 Å². The number of ether oxygens (including phenoxy) is 5. The zero-order valence-electron chi connectivity index (χ0n) is 21.5. The smallest absolute Gasteiger partial charge is 0.142 e. The Hall–Kier alpha value is -2.28. The van der Waals surface area contributed by atoms with Gasteiger partial charge in [0.2, 0.25) is 0 Å². The molecule has 1 aliphatic heterocycles. The molecule has 0 bridgehead atoms. The maximum atomic E-state index is 6.63. The van der Waals surface area contributed by atoms with Crippen molar-refractivity contribution in [2.75, 3.05) is 59.1 Å². The second kappa shape index (κ2) is 13.1. The summed E-state index contributed by atoms with van der Waals surface area (Å²) in [5.74, 6) is 2.91. The van der Waals surface area contributed by atoms with Crippen molar-refractivity contribution in [1.29, 1.82) is 0 Å². The number of rotatable bonds is 12. The molecule has 0 amide bonds. The Kier molecular flexibility index (Phi) is 9.69. The molecule has 35 heavy (non-hydrogen) atoms. The highest BCUT2D eigenvalue weighted by Crippen LogP contribution is 2.41. The zero-order valence-corrected chi connectivity index (χ0v) is 21.5. The molecule has 1 heterocycles. The van der Waals surface area contributed by atoms with Crippen molar-refractivity contribution < 1.29 is 23.7 Å². The van der Waals surface area contributed by atoms with Gasteiger partial charge in [0.15, 0.2) is 0 Å². The van der Waals surface area contributed by atoms with Crippen LogP contribution in [0.3, 0.4) is 0 Å². The third kappa shape index (κ3) is 6.90. The van der Waals surface area contributed by atoms with Crippen LogP contribution >= 0.6 is 0 Å². The summed E-state index contributed by atoms with van der Waals surface area (Å²) in [5.41, 5.74) is 3.70. The molecule has 6 nitrogen and oxygen atoms in total. The van der Waals surface area contributed by atoms with Crippen molar-refractivity contribution in [2.45, 2.75) is 50.7 Å². The number of anilines is 1. The minimum atomic E-state index is 0.201. The van der Waals surface area contributed by atoms with Crippen molar-refractivity contribution >= 4 is 5.69 Å². The van der Waals surface area contributed by atoms with Gasteiger partial charge in [-0.1, -0.05) is 18.2 Å². The maximum absolute atomic E-state index is 6.63. The van der Waals surface area contributed by atoms with E-state index in [1.807, 2.05) is 0 Å². The van der Waals surface area contributed by atoms with Crippen LogP contribution < -0.4 is 14.4 Å². The van der Waals surface area contributed by atoms with Crippen molar-refractivity contribution in [2.24, 2.45) is 5.92 Å². The monoisotopic (exact) mass is 483 g/mol. The molecule has 2 aliphatic rings. The van der Waals surface area contributed by atoms with Crippen LogP contribution in [0.2, 0.25) is 0 Å². The molecule has 0 aromatic heterocycles. The van der Waals surface area contributed by atoms with Gasteiger partial charge in [-0.25, -0.2) is 0 Å². The lowest BCUT2D eigenvalue weighted by atomic mass is 9.75. The van der Waals surface area contributed by atoms with Gasteiger partial charge < -0.3 is 28.6 Å². The standard InChI is InChI=1S/C29H41NO5/c1-31-16-4-14-30-15-18-34-29-12-6-23(20-27(29)30)21-35-28-11-5-22(13-17-32-2)19-26(28)24-7-9-25(33-3)10-8-24/h6-10,12,20,22,26,28H,4-5,11,13-19,21H2,1-3H3/t22?,26-,28+/m1/s1. The van der Waals surface area contributed by atoms with Crippen LogP contribution in [0, 0.1) is 5.92 Å². The normalized spacial score (nSPS) is 21.9. The fraction of sp³-hybridized carbons (Fsp3) is 0.586. The molecule has 4 rings (SSSR count). The van der Waals surface area contributed by atoms with Gasteiger partial charge in [-0.05, 0) is 73.4 Å². The van der Waals surface area contributed by atoms with E-state index in [2.05, 4.69) is 47.4 Å². The molecule has 1 unspecified atom stereocenters. The lowest BCUT2D eigenvalue weighted by Crippen LogP contribution is -2.34. The van der Waals surface area contributed by atoms with Crippen LogP contribution in [0.1, 0.15) is 49.1 Å². The molecule has 0 spiro atoms. The number of hydrogen-bond donors (Lipinski definition) is 0. The highest BCUT2D eigenvalue weighted by atomic mass is 16.5. The second-order valence-corrected chi connectivity index (χ2v) is 9.67. The van der Waals surface area contributed by atoms with E-state index >= 15 is 0 Å². The molecular weight excluding hydrogens is 442 g/mol. The minimum Gasteiger partial charge on any atom is -0.497 e. The van der Waals surface area contributed by atoms with Gasteiger partial charge in [0.1, 0.15) is 18.1 Å². The zero-order chi connectivity index (χ0) is 24.5. The van der Waals surface area contributed by atoms with Gasteiger partial charge in [-0.2, -0.15) is 0 Å². The van der Waals surface area contributed by atoms with Gasteiger partial charge in [0.25, 0.3) is 0 Å². The summed E-state index contributed by atoms with van der Waals surface area (Å²) in [4.78, 5) is 2.41. The van der Waals surface area contributed by atoms with E-state index in [0.717, 1.165) is 70.1 Å². The van der Waals surface area contributed by atoms with E-state index in [9.17, 15) is 0 Å². The molecule has 2 aromatic carbocycles. The summed E-state index contributed by atoms with van der Waals surface area (Å²) in [6.45, 7) is 4.81. The quantitative estimate of drug-likeness (QED) is 0.375. The van der Waals surface area contributed by atoms with Crippen molar-refractivity contribution in [3.8, 4) is 11.5 Å². The van der Waals surface area contributed by atoms with E-state index in [4.69, 9.17) is 23.7 Å². The summed E-state index contributed by atoms with van der Waals surface area (Å²) in [5, 5.41) is 0. The first-order chi connectivity index (χ1) is 17.2. The fourth-order valence-electron chi connectivity index (χ4n) is 5.42. The first-order valence-corrected chi connectivity index (χ1v) is 13.0. The summed E-state index contributed by atoms with van der Waals surface area (Å²) in [6, 6.07) is 15.0. The fourth-order valence-corrected chi connectivity index (χ4v) is 5.42. The van der Waals surface area contributed by atoms with Crippen LogP contribution in [0.4, 0.5) is 5.69 Å². The Labute approximate surface area is 210 Å². The second-order valence-electron chi connectivity index (χ2n) is 9.67. The average molecular weight is 484 g/mol. The highest BCUT2D eigenvalue weighted by Gasteiger charge is 2.32. The van der Waals surface area contributed by atoms with Crippen LogP contribution in [0.5, 0.6) is 11.5 Å². The Morgan fingerprint density at radius 3 is 2.57 bits per heavy atom. The topological polar surface area (TPSA) is 49.4 Å². The Balaban J connectivity index is 1.44. The molecule has 1 aliphatic carbocycles. The first-order valence-electron chi connectivity index (χ1n) is 13.0. The Bertz CT molecular complexity index is 902. The number of hydrogen-bond acceptors (Lipinski definition) is 6. The minimum absolute atomic E-state index is 0.201. The van der Waals surface area contributed by atoms with E-state index in [1.54, 1.807) is 21.3 Å². The number of methoxy groups -OCH3 is 3. The van der Waals surface area contributed by atoms with Crippen molar-refractivity contribution in [3.63, 3.8) is 0 Å². The van der Waals surface area contributed by atoms with Crippen LogP contribution in [0.25, 0.3) is 0 Å². The SMILES string of the molecule is COCCCN1CCOc2ccc(CO[C@H]3CCC(CCOC)C[C@@H]3c3ccc(OC)cc3)cc21. The number of nitrogens with zero attached hydrogens (tertiary/aromatic N) is 1. The number of fused-ring (bicyclic) bond motifs is 1. The summed E-state index contributed by atoms with van der Waals surface area (Å²) < 4.78 is 28.5. The summed E-state index contributed by atoms with van der Waals surface area (Å²) >= 11 is 0. The Morgan fingerprint density at radius 2 is 1.80 bits per heavy atom. The van der Waals surface area contributed by atoms with Crippen molar-refractivity contribution in [3.05, 3.63) is 53.6 Å². The van der Waals surface area contributed by atoms with Crippen LogP contribution in [0.15, 0.2) is 42.5 Å². The van der Waals surface area contributed by atoms with Gasteiger partial charge in [-0.15, -0.1) is 0 Å². The molecule has 192 valence electrons. The molecule has 0 radical (unpaired) electrons. The van der Waals surface area contributed by atoms with E-state index < -0.39 is 0 Å². The maximum Gasteiger partial charge on any atom is 0.142 e. The van der Waals surface area contributed by atoms with Crippen molar-refractivity contribution in [1.82, 2.24) is 0 Å². The lowest BCUT2D eigenvalue weighted by Gasteiger charge is -2.37. The largest absolute Gasteiger partial charge is 0.497 e. The van der Waals surface area contributed by atoms with Gasteiger partial charge >= 0.3 is 0 Å². The molecule has 3 atom stereocenters. The molecule has 6 heteroatoms. The highest BCUT2D eigenvalue weighted by molar-refractivity contribution is 5.61. The summed E-state index contributed by atoms with van der Waals surface area (Å²) in [7, 11) is 5.26. The predicted octanol–water partition coefficient (Wildman–Crippen LogP) is 5.44. The van der Waals surface area contributed by atoms with Crippen LogP contribution in [-0.4, -0.2) is 60.3 Å². The predicted molar refractivity (Wildman–Crippen MR) is 139 cm³/mol. The molecule has 1 saturated carbocycles. The van der Waals surface area contributed by atoms with E-state index in [0.29, 0.717) is 18.4 Å².